The molecule has 2 aliphatic rings. The zero-order valence-electron chi connectivity index (χ0n) is 26.3. The quantitative estimate of drug-likeness (QED) is 0.138. The van der Waals surface area contributed by atoms with Gasteiger partial charge in [-0.05, 0) is 66.5 Å². The number of hydrogen-bond donors (Lipinski definition) is 2. The smallest absolute Gasteiger partial charge is 0.459 e. The van der Waals surface area contributed by atoms with Gasteiger partial charge in [-0.3, -0.25) is 9.32 Å². The van der Waals surface area contributed by atoms with Gasteiger partial charge in [-0.25, -0.2) is 18.9 Å². The van der Waals surface area contributed by atoms with Crippen molar-refractivity contribution in [3.63, 3.8) is 0 Å². The van der Waals surface area contributed by atoms with Crippen molar-refractivity contribution in [2.45, 2.75) is 96.7 Å². The molecule has 6 atom stereocenters. The van der Waals surface area contributed by atoms with Crippen molar-refractivity contribution < 1.29 is 37.4 Å². The minimum absolute atomic E-state index is 0.207. The third kappa shape index (κ3) is 7.76. The number of imidazole rings is 1. The minimum atomic E-state index is -4.27. The number of amidine groups is 1. The van der Waals surface area contributed by atoms with E-state index >= 15 is 4.39 Å². The molecular weight excluding hydrogens is 592 g/mol. The molecule has 1 saturated heterocycles. The second-order valence-corrected chi connectivity index (χ2v) is 13.4. The Bertz CT molecular complexity index is 1410. The molecule has 44 heavy (non-hydrogen) atoms. The number of carbonyl (C=O) groups is 1. The normalized spacial score (nSPS) is 25.9. The van der Waals surface area contributed by atoms with Crippen molar-refractivity contribution in [2.75, 3.05) is 13.7 Å². The molecule has 1 saturated carbocycles. The third-order valence-corrected chi connectivity index (χ3v) is 9.03. The van der Waals surface area contributed by atoms with Crippen LogP contribution in [0, 0.1) is 6.92 Å². The second kappa shape index (κ2) is 13.5. The lowest BCUT2D eigenvalue weighted by atomic mass is 9.98. The van der Waals surface area contributed by atoms with Crippen molar-refractivity contribution in [2.24, 2.45) is 4.99 Å². The Hall–Kier alpha value is -3.09. The molecule has 1 aliphatic heterocycles. The van der Waals surface area contributed by atoms with E-state index in [0.29, 0.717) is 29.0 Å². The van der Waals surface area contributed by atoms with E-state index < -0.39 is 56.6 Å². The fraction of sp³-hybridized carbons (Fsp3) is 0.567. The van der Waals surface area contributed by atoms with Crippen LogP contribution in [0.5, 0.6) is 5.75 Å². The summed E-state index contributed by atoms with van der Waals surface area (Å²) in [6.45, 7) is 13.0. The number of aliphatic imine (C=N–C) groups is 1. The van der Waals surface area contributed by atoms with Gasteiger partial charge in [0, 0.05) is 24.5 Å². The number of benzene rings is 1. The topological polar surface area (TPSA) is 137 Å². The van der Waals surface area contributed by atoms with Gasteiger partial charge in [-0.15, -0.1) is 0 Å². The monoisotopic (exact) mass is 635 g/mol. The first-order valence-corrected chi connectivity index (χ1v) is 16.2. The maximum Gasteiger partial charge on any atom is 0.459 e. The van der Waals surface area contributed by atoms with Crippen LogP contribution in [0.3, 0.4) is 0 Å². The molecule has 4 rings (SSSR count). The highest BCUT2D eigenvalue weighted by Gasteiger charge is 2.56. The fourth-order valence-electron chi connectivity index (χ4n) is 4.85. The summed E-state index contributed by atoms with van der Waals surface area (Å²) in [5.74, 6) is 0.159. The molecule has 2 heterocycles. The molecule has 2 aromatic rings. The van der Waals surface area contributed by atoms with Gasteiger partial charge in [-0.1, -0.05) is 24.8 Å². The molecule has 14 heteroatoms. The molecule has 1 unspecified atom stereocenters. The Morgan fingerprint density at radius 3 is 2.59 bits per heavy atom. The Morgan fingerprint density at radius 2 is 2.00 bits per heavy atom. The molecule has 2 fully saturated rings. The lowest BCUT2D eigenvalue weighted by Crippen LogP contribution is -2.41. The number of rotatable bonds is 13. The lowest BCUT2D eigenvalue weighted by molar-refractivity contribution is -0.149. The summed E-state index contributed by atoms with van der Waals surface area (Å²) in [5.41, 5.74) is -0.554. The van der Waals surface area contributed by atoms with Gasteiger partial charge in [-0.2, -0.15) is 5.09 Å². The highest BCUT2D eigenvalue weighted by molar-refractivity contribution is 7.52. The number of esters is 1. The molecule has 0 radical (unpaired) electrons. The Morgan fingerprint density at radius 1 is 1.34 bits per heavy atom. The van der Waals surface area contributed by atoms with Gasteiger partial charge in [0.05, 0.1) is 19.0 Å². The number of carbonyl (C=O) groups excluding carboxylic acids is 1. The third-order valence-electron chi connectivity index (χ3n) is 7.38. The van der Waals surface area contributed by atoms with E-state index in [1.54, 1.807) is 58.0 Å². The molecule has 242 valence electrons. The minimum Gasteiger partial charge on any atom is -0.462 e. The standard InChI is InChI=1S/C30H43FN5O7P/c1-18(2)33-27(35(8)22-14-15-22)25-21(6)36(17-32-25)29-30(7,31)26(37)24(42-29)16-40-44(39,43-23-12-10-9-11-13-23)34-20(5)28(38)41-19(3)4/h9-13,17,19-20,22,24,26,29,37H,1,14-16H2,2-8H3,(H,34,39)/t20-,24+,26+,29+,30+,44?/m0/s1. The predicted molar refractivity (Wildman–Crippen MR) is 163 cm³/mol. The highest BCUT2D eigenvalue weighted by atomic mass is 31.2. The summed E-state index contributed by atoms with van der Waals surface area (Å²) in [7, 11) is -2.33. The predicted octanol–water partition coefficient (Wildman–Crippen LogP) is 4.69. The summed E-state index contributed by atoms with van der Waals surface area (Å²) in [6, 6.07) is 7.50. The van der Waals surface area contributed by atoms with E-state index in [9.17, 15) is 14.5 Å². The first-order valence-electron chi connectivity index (χ1n) is 14.6. The summed E-state index contributed by atoms with van der Waals surface area (Å²) in [6.07, 6.45) is -1.06. The molecule has 0 bridgehead atoms. The number of alkyl halides is 1. The van der Waals surface area contributed by atoms with Crippen LogP contribution < -0.4 is 9.61 Å². The van der Waals surface area contributed by atoms with Gasteiger partial charge in [0.2, 0.25) is 0 Å². The van der Waals surface area contributed by atoms with Crippen LogP contribution in [0.1, 0.15) is 65.1 Å². The van der Waals surface area contributed by atoms with Crippen LogP contribution in [0.2, 0.25) is 0 Å². The van der Waals surface area contributed by atoms with E-state index in [1.165, 1.54) is 24.7 Å². The molecular formula is C30H43FN5O7P. The largest absolute Gasteiger partial charge is 0.462 e. The number of hydrogen-bond acceptors (Lipinski definition) is 9. The molecule has 12 nitrogen and oxygen atoms in total. The Kier molecular flexibility index (Phi) is 10.4. The number of halogens is 1. The van der Waals surface area contributed by atoms with Crippen molar-refractivity contribution in [1.82, 2.24) is 19.5 Å². The van der Waals surface area contributed by atoms with Crippen LogP contribution in [0.4, 0.5) is 4.39 Å². The van der Waals surface area contributed by atoms with E-state index in [4.69, 9.17) is 18.5 Å². The van der Waals surface area contributed by atoms with Crippen LogP contribution in [0.25, 0.3) is 0 Å². The van der Waals surface area contributed by atoms with Crippen LogP contribution in [0.15, 0.2) is 53.9 Å². The van der Waals surface area contributed by atoms with Gasteiger partial charge >= 0.3 is 13.7 Å². The van der Waals surface area contributed by atoms with Crippen molar-refractivity contribution in [3.8, 4) is 5.75 Å². The zero-order valence-corrected chi connectivity index (χ0v) is 27.2. The number of aliphatic hydroxyl groups excluding tert-OH is 1. The Balaban J connectivity index is 1.54. The molecule has 0 spiro atoms. The number of aliphatic hydroxyl groups is 1. The number of para-hydroxylation sites is 1. The van der Waals surface area contributed by atoms with Crippen molar-refractivity contribution in [3.05, 3.63) is 60.3 Å². The number of aromatic nitrogens is 2. The Labute approximate surface area is 257 Å². The first kappa shape index (κ1) is 33.8. The van der Waals surface area contributed by atoms with Crippen molar-refractivity contribution in [1.29, 1.82) is 0 Å². The number of nitrogens with zero attached hydrogens (tertiary/aromatic N) is 4. The molecule has 1 aromatic heterocycles. The molecule has 2 N–H and O–H groups in total. The number of allylic oxidation sites excluding steroid dienone is 1. The van der Waals surface area contributed by atoms with Gasteiger partial charge in [0.25, 0.3) is 0 Å². The van der Waals surface area contributed by atoms with E-state index in [2.05, 4.69) is 21.6 Å². The average Bonchev–Trinajstić information content (AvgIpc) is 3.69. The first-order chi connectivity index (χ1) is 20.6. The van der Waals surface area contributed by atoms with Crippen molar-refractivity contribution >= 4 is 19.6 Å². The zero-order chi connectivity index (χ0) is 32.4. The van der Waals surface area contributed by atoms with Crippen LogP contribution in [-0.4, -0.2) is 81.1 Å². The number of nitrogens with one attached hydrogen (secondary N) is 1. The summed E-state index contributed by atoms with van der Waals surface area (Å²) in [4.78, 5) is 23.6. The SMILES string of the molecule is C=C(C)N=C(c1ncn([C@@H]2O[C@H](COP(=O)(N[C@@H](C)C(=O)OC(C)C)Oc3ccccc3)[C@@H](O)[C@@]2(C)F)c1C)N(C)C1CC1. The lowest BCUT2D eigenvalue weighted by Gasteiger charge is -2.26. The molecule has 0 amide bonds. The van der Waals surface area contributed by atoms with E-state index in [-0.39, 0.29) is 5.75 Å². The highest BCUT2D eigenvalue weighted by Crippen LogP contribution is 2.48. The van der Waals surface area contributed by atoms with Crippen LogP contribution >= 0.6 is 7.75 Å². The van der Waals surface area contributed by atoms with Gasteiger partial charge < -0.3 is 28.6 Å². The van der Waals surface area contributed by atoms with E-state index in [1.807, 2.05) is 11.9 Å². The maximum absolute atomic E-state index is 16.2. The van der Waals surface area contributed by atoms with Crippen LogP contribution in [-0.2, 0) is 23.4 Å². The summed E-state index contributed by atoms with van der Waals surface area (Å²) < 4.78 is 54.1. The maximum atomic E-state index is 16.2. The van der Waals surface area contributed by atoms with E-state index in [0.717, 1.165) is 12.8 Å². The average molecular weight is 636 g/mol. The summed E-state index contributed by atoms with van der Waals surface area (Å²) in [5, 5.41) is 13.6. The molecule has 1 aliphatic carbocycles. The second-order valence-electron chi connectivity index (χ2n) is 11.8. The van der Waals surface area contributed by atoms with Gasteiger partial charge in [0.1, 0.15) is 29.7 Å². The molecule has 1 aromatic carbocycles. The number of ether oxygens (including phenoxy) is 2. The summed E-state index contributed by atoms with van der Waals surface area (Å²) >= 11 is 0. The fourth-order valence-corrected chi connectivity index (χ4v) is 6.35. The van der Waals surface area contributed by atoms with Gasteiger partial charge in [0.15, 0.2) is 17.7 Å².